The number of rotatable bonds is 4. The molecule has 0 aromatic carbocycles. The molecule has 2 heterocycles. The lowest BCUT2D eigenvalue weighted by atomic mass is 10.0. The highest BCUT2D eigenvalue weighted by molar-refractivity contribution is 7.16. The van der Waals surface area contributed by atoms with Gasteiger partial charge in [0.2, 0.25) is 5.91 Å². The highest BCUT2D eigenvalue weighted by Crippen LogP contribution is 2.35. The van der Waals surface area contributed by atoms with Crippen molar-refractivity contribution in [3.8, 4) is 0 Å². The van der Waals surface area contributed by atoms with Gasteiger partial charge in [0.1, 0.15) is 5.00 Å². The molecular formula is C14H20N2O3S. The van der Waals surface area contributed by atoms with Crippen LogP contribution in [0.3, 0.4) is 0 Å². The number of nitrogen functional groups attached to an aromatic ring is 1. The molecule has 0 spiro atoms. The van der Waals surface area contributed by atoms with E-state index < -0.39 is 0 Å². The summed E-state index contributed by atoms with van der Waals surface area (Å²) in [6, 6.07) is 0. The molecule has 0 unspecified atom stereocenters. The van der Waals surface area contributed by atoms with Gasteiger partial charge in [0, 0.05) is 17.8 Å². The van der Waals surface area contributed by atoms with E-state index in [9.17, 15) is 9.59 Å². The topological polar surface area (TPSA) is 72.6 Å². The Morgan fingerprint density at radius 3 is 2.80 bits per heavy atom. The first-order valence-corrected chi connectivity index (χ1v) is 7.75. The second kappa shape index (κ2) is 6.26. The smallest absolute Gasteiger partial charge is 0.341 e. The summed E-state index contributed by atoms with van der Waals surface area (Å²) in [5, 5.41) is 0.498. The van der Waals surface area contributed by atoms with Crippen LogP contribution in [0.4, 0.5) is 5.00 Å². The number of nitrogens with zero attached hydrogens (tertiary/aromatic N) is 1. The molecule has 1 aromatic rings. The molecule has 1 aromatic heterocycles. The third kappa shape index (κ3) is 2.80. The van der Waals surface area contributed by atoms with E-state index in [1.165, 1.54) is 11.3 Å². The highest BCUT2D eigenvalue weighted by Gasteiger charge is 2.29. The predicted octanol–water partition coefficient (Wildman–Crippen LogP) is 2.19. The van der Waals surface area contributed by atoms with Crippen LogP contribution in [0.15, 0.2) is 0 Å². The zero-order chi connectivity index (χ0) is 14.7. The van der Waals surface area contributed by atoms with Crippen LogP contribution >= 0.6 is 11.3 Å². The minimum atomic E-state index is -0.351. The molecule has 2 N–H and O–H groups in total. The van der Waals surface area contributed by atoms with E-state index in [0.717, 1.165) is 16.9 Å². The zero-order valence-corrected chi connectivity index (χ0v) is 12.7. The van der Waals surface area contributed by atoms with Crippen molar-refractivity contribution in [1.82, 2.24) is 4.90 Å². The Hall–Kier alpha value is -1.56. The fourth-order valence-electron chi connectivity index (χ4n) is 2.44. The van der Waals surface area contributed by atoms with Crippen molar-refractivity contribution in [2.45, 2.75) is 39.7 Å². The van der Waals surface area contributed by atoms with Gasteiger partial charge in [-0.25, -0.2) is 4.79 Å². The van der Waals surface area contributed by atoms with Crippen LogP contribution in [-0.2, 0) is 22.5 Å². The Balaban J connectivity index is 2.21. The van der Waals surface area contributed by atoms with Crippen LogP contribution < -0.4 is 5.73 Å². The molecule has 0 radical (unpaired) electrons. The normalized spacial score (nSPS) is 14.0. The van der Waals surface area contributed by atoms with Gasteiger partial charge in [-0.3, -0.25) is 4.79 Å². The number of hydrogen-bond acceptors (Lipinski definition) is 5. The van der Waals surface area contributed by atoms with Crippen LogP contribution in [0.5, 0.6) is 0 Å². The molecule has 0 atom stereocenters. The number of fused-ring (bicyclic) bond motifs is 1. The van der Waals surface area contributed by atoms with E-state index >= 15 is 0 Å². The van der Waals surface area contributed by atoms with Gasteiger partial charge in [0.15, 0.2) is 0 Å². The summed E-state index contributed by atoms with van der Waals surface area (Å²) >= 11 is 1.39. The first-order valence-electron chi connectivity index (χ1n) is 6.93. The van der Waals surface area contributed by atoms with Gasteiger partial charge in [-0.05, 0) is 25.3 Å². The van der Waals surface area contributed by atoms with Crippen molar-refractivity contribution in [2.24, 2.45) is 0 Å². The number of esters is 1. The van der Waals surface area contributed by atoms with E-state index in [0.29, 0.717) is 43.1 Å². The van der Waals surface area contributed by atoms with Crippen LogP contribution in [0.25, 0.3) is 0 Å². The number of hydrogen-bond donors (Lipinski definition) is 1. The van der Waals surface area contributed by atoms with Gasteiger partial charge in [0.25, 0.3) is 0 Å². The monoisotopic (exact) mass is 296 g/mol. The summed E-state index contributed by atoms with van der Waals surface area (Å²) in [5.41, 5.74) is 7.42. The Morgan fingerprint density at radius 2 is 2.15 bits per heavy atom. The van der Waals surface area contributed by atoms with Crippen molar-refractivity contribution in [2.75, 3.05) is 18.9 Å². The van der Waals surface area contributed by atoms with Crippen LogP contribution in [0.2, 0.25) is 0 Å². The number of carbonyl (C=O) groups excluding carboxylic acids is 2. The molecule has 1 aliphatic heterocycles. The number of amides is 1. The number of thiophene rings is 1. The molecule has 1 aliphatic rings. The third-order valence-electron chi connectivity index (χ3n) is 3.38. The standard InChI is InChI=1S/C14H20N2O3S/c1-3-5-11(17)16-7-6-9-10(8-16)20-13(15)12(9)14(18)19-4-2/h3-8,15H2,1-2H3. The maximum Gasteiger partial charge on any atom is 0.341 e. The number of ether oxygens (including phenoxy) is 1. The number of anilines is 1. The summed E-state index contributed by atoms with van der Waals surface area (Å²) in [4.78, 5) is 26.7. The molecule has 20 heavy (non-hydrogen) atoms. The summed E-state index contributed by atoms with van der Waals surface area (Å²) in [7, 11) is 0. The summed E-state index contributed by atoms with van der Waals surface area (Å²) < 4.78 is 5.05. The SMILES string of the molecule is CCCC(=O)N1CCc2c(sc(N)c2C(=O)OCC)C1. The largest absolute Gasteiger partial charge is 0.462 e. The lowest BCUT2D eigenvalue weighted by Gasteiger charge is -2.27. The molecule has 0 saturated heterocycles. The Labute approximate surface area is 122 Å². The first-order chi connectivity index (χ1) is 9.58. The second-order valence-corrected chi connectivity index (χ2v) is 5.92. The third-order valence-corrected chi connectivity index (χ3v) is 4.43. The molecule has 1 amide bonds. The van der Waals surface area contributed by atoms with Crippen molar-refractivity contribution < 1.29 is 14.3 Å². The minimum absolute atomic E-state index is 0.169. The molecule has 0 fully saturated rings. The molecule has 5 nitrogen and oxygen atoms in total. The summed E-state index contributed by atoms with van der Waals surface area (Å²) in [6.45, 7) is 5.31. The first kappa shape index (κ1) is 14.8. The Morgan fingerprint density at radius 1 is 1.40 bits per heavy atom. The van der Waals surface area contributed by atoms with Crippen molar-refractivity contribution >= 4 is 28.2 Å². The molecule has 0 bridgehead atoms. The minimum Gasteiger partial charge on any atom is -0.462 e. The van der Waals surface area contributed by atoms with Crippen LogP contribution in [0, 0.1) is 0 Å². The van der Waals surface area contributed by atoms with Crippen molar-refractivity contribution in [1.29, 1.82) is 0 Å². The van der Waals surface area contributed by atoms with E-state index in [1.807, 2.05) is 11.8 Å². The Bertz CT molecular complexity index is 525. The second-order valence-electron chi connectivity index (χ2n) is 4.78. The van der Waals surface area contributed by atoms with E-state index in [1.54, 1.807) is 6.92 Å². The summed E-state index contributed by atoms with van der Waals surface area (Å²) in [5.74, 6) is -0.182. The molecule has 2 rings (SSSR count). The fourth-order valence-corrected chi connectivity index (χ4v) is 3.56. The lowest BCUT2D eigenvalue weighted by molar-refractivity contribution is -0.132. The van der Waals surface area contributed by atoms with Gasteiger partial charge < -0.3 is 15.4 Å². The number of nitrogens with two attached hydrogens (primary N) is 1. The van der Waals surface area contributed by atoms with E-state index in [4.69, 9.17) is 10.5 Å². The summed E-state index contributed by atoms with van der Waals surface area (Å²) in [6.07, 6.45) is 2.09. The average molecular weight is 296 g/mol. The van der Waals surface area contributed by atoms with E-state index in [-0.39, 0.29) is 11.9 Å². The van der Waals surface area contributed by atoms with Gasteiger partial charge in [-0.15, -0.1) is 11.3 Å². The molecule has 0 saturated carbocycles. The maximum atomic E-state index is 11.9. The van der Waals surface area contributed by atoms with Gasteiger partial charge in [0.05, 0.1) is 18.7 Å². The Kier molecular flexibility index (Phi) is 4.65. The van der Waals surface area contributed by atoms with Crippen molar-refractivity contribution in [3.05, 3.63) is 16.0 Å². The molecule has 110 valence electrons. The highest BCUT2D eigenvalue weighted by atomic mass is 32.1. The average Bonchev–Trinajstić information content (AvgIpc) is 2.74. The van der Waals surface area contributed by atoms with Gasteiger partial charge in [-0.1, -0.05) is 6.92 Å². The van der Waals surface area contributed by atoms with Crippen molar-refractivity contribution in [3.63, 3.8) is 0 Å². The van der Waals surface area contributed by atoms with E-state index in [2.05, 4.69) is 0 Å². The van der Waals surface area contributed by atoms with Crippen LogP contribution in [0.1, 0.15) is 47.5 Å². The van der Waals surface area contributed by atoms with Gasteiger partial charge >= 0.3 is 5.97 Å². The fraction of sp³-hybridized carbons (Fsp3) is 0.571. The quantitative estimate of drug-likeness (QED) is 0.864. The van der Waals surface area contributed by atoms with Gasteiger partial charge in [-0.2, -0.15) is 0 Å². The predicted molar refractivity (Wildman–Crippen MR) is 78.7 cm³/mol. The number of carbonyl (C=O) groups is 2. The molecular weight excluding hydrogens is 276 g/mol. The molecule has 6 heteroatoms. The maximum absolute atomic E-state index is 11.9. The zero-order valence-electron chi connectivity index (χ0n) is 11.9. The van der Waals surface area contributed by atoms with Crippen LogP contribution in [-0.4, -0.2) is 29.9 Å². The lowest BCUT2D eigenvalue weighted by Crippen LogP contribution is -2.35. The molecule has 0 aliphatic carbocycles.